The maximum atomic E-state index is 12.3. The standard InChI is InChI=1S/C16H13ClN2O4/c1-22-14-7-13-12(6-10(14)16(21)23-2)19-15(20)9-4-3-8(17)5-11(9)18-13/h3-7,18H,1-2H3,(H,19,20). The average molecular weight is 333 g/mol. The van der Waals surface area contributed by atoms with E-state index in [0.29, 0.717) is 33.4 Å². The second-order valence-corrected chi connectivity index (χ2v) is 5.30. The summed E-state index contributed by atoms with van der Waals surface area (Å²) in [5.41, 5.74) is 2.28. The lowest BCUT2D eigenvalue weighted by molar-refractivity contribution is 0.0597. The number of nitrogens with one attached hydrogen (secondary N) is 2. The van der Waals surface area contributed by atoms with Crippen LogP contribution in [0.4, 0.5) is 17.1 Å². The molecule has 1 aliphatic heterocycles. The molecule has 23 heavy (non-hydrogen) atoms. The van der Waals surface area contributed by atoms with E-state index in [9.17, 15) is 9.59 Å². The van der Waals surface area contributed by atoms with Gasteiger partial charge in [-0.3, -0.25) is 4.79 Å². The Labute approximate surface area is 137 Å². The van der Waals surface area contributed by atoms with Gasteiger partial charge in [-0.05, 0) is 24.3 Å². The Morgan fingerprint density at radius 2 is 1.78 bits per heavy atom. The summed E-state index contributed by atoms with van der Waals surface area (Å²) in [6, 6.07) is 8.06. The average Bonchev–Trinajstić information content (AvgIpc) is 2.67. The largest absolute Gasteiger partial charge is 0.496 e. The monoisotopic (exact) mass is 332 g/mol. The van der Waals surface area contributed by atoms with Crippen LogP contribution in [0.25, 0.3) is 0 Å². The summed E-state index contributed by atoms with van der Waals surface area (Å²) in [6.45, 7) is 0. The van der Waals surface area contributed by atoms with Crippen LogP contribution < -0.4 is 15.4 Å². The number of ether oxygens (including phenoxy) is 2. The summed E-state index contributed by atoms with van der Waals surface area (Å²) in [5, 5.41) is 6.40. The van der Waals surface area contributed by atoms with Crippen molar-refractivity contribution in [1.82, 2.24) is 0 Å². The lowest BCUT2D eigenvalue weighted by atomic mass is 10.1. The van der Waals surface area contributed by atoms with Gasteiger partial charge in [0.2, 0.25) is 0 Å². The minimum absolute atomic E-state index is 0.222. The number of rotatable bonds is 2. The highest BCUT2D eigenvalue weighted by Gasteiger charge is 2.23. The Morgan fingerprint density at radius 1 is 1.04 bits per heavy atom. The number of fused-ring (bicyclic) bond motifs is 2. The van der Waals surface area contributed by atoms with E-state index in [-0.39, 0.29) is 11.5 Å². The van der Waals surface area contributed by atoms with Crippen LogP contribution >= 0.6 is 11.6 Å². The third-order valence-electron chi connectivity index (χ3n) is 3.49. The Hall–Kier alpha value is -2.73. The molecule has 0 fully saturated rings. The van der Waals surface area contributed by atoms with E-state index < -0.39 is 5.97 Å². The molecule has 6 nitrogen and oxygen atoms in total. The van der Waals surface area contributed by atoms with E-state index >= 15 is 0 Å². The minimum atomic E-state index is -0.552. The van der Waals surface area contributed by atoms with E-state index in [1.807, 2.05) is 0 Å². The van der Waals surface area contributed by atoms with Crippen LogP contribution in [0.3, 0.4) is 0 Å². The molecule has 1 aliphatic rings. The van der Waals surface area contributed by atoms with E-state index in [1.54, 1.807) is 24.3 Å². The molecule has 0 saturated carbocycles. The second-order valence-electron chi connectivity index (χ2n) is 4.86. The number of esters is 1. The first kappa shape index (κ1) is 15.2. The van der Waals surface area contributed by atoms with E-state index in [1.165, 1.54) is 20.3 Å². The molecule has 0 atom stereocenters. The van der Waals surface area contributed by atoms with Crippen molar-refractivity contribution in [3.8, 4) is 5.75 Å². The molecule has 2 N–H and O–H groups in total. The molecule has 0 spiro atoms. The summed E-state index contributed by atoms with van der Waals surface area (Å²) >= 11 is 5.99. The number of hydrogen-bond donors (Lipinski definition) is 2. The minimum Gasteiger partial charge on any atom is -0.496 e. The molecule has 3 rings (SSSR count). The molecule has 2 aromatic rings. The third kappa shape index (κ3) is 2.68. The van der Waals surface area contributed by atoms with Gasteiger partial charge in [0, 0.05) is 11.1 Å². The van der Waals surface area contributed by atoms with Gasteiger partial charge in [0.25, 0.3) is 5.91 Å². The van der Waals surface area contributed by atoms with Crippen molar-refractivity contribution in [3.63, 3.8) is 0 Å². The summed E-state index contributed by atoms with van der Waals surface area (Å²) in [6.07, 6.45) is 0. The molecule has 1 heterocycles. The van der Waals surface area contributed by atoms with Gasteiger partial charge in [-0.25, -0.2) is 4.79 Å². The molecule has 0 aromatic heterocycles. The fourth-order valence-electron chi connectivity index (χ4n) is 2.38. The second kappa shape index (κ2) is 5.81. The van der Waals surface area contributed by atoms with Gasteiger partial charge < -0.3 is 20.1 Å². The molecule has 118 valence electrons. The van der Waals surface area contributed by atoms with Crippen LogP contribution in [0, 0.1) is 0 Å². The van der Waals surface area contributed by atoms with Crippen molar-refractivity contribution in [3.05, 3.63) is 46.5 Å². The smallest absolute Gasteiger partial charge is 0.341 e. The number of carbonyl (C=O) groups is 2. The Morgan fingerprint density at radius 3 is 2.48 bits per heavy atom. The first-order chi connectivity index (χ1) is 11.0. The van der Waals surface area contributed by atoms with Crippen LogP contribution in [-0.2, 0) is 4.74 Å². The predicted molar refractivity (Wildman–Crippen MR) is 87.0 cm³/mol. The van der Waals surface area contributed by atoms with Crippen LogP contribution in [0.2, 0.25) is 5.02 Å². The highest BCUT2D eigenvalue weighted by molar-refractivity contribution is 6.31. The molecule has 0 unspecified atom stereocenters. The van der Waals surface area contributed by atoms with E-state index in [4.69, 9.17) is 21.1 Å². The molecule has 0 aliphatic carbocycles. The summed E-state index contributed by atoms with van der Waals surface area (Å²) in [7, 11) is 2.73. The van der Waals surface area contributed by atoms with Crippen molar-refractivity contribution in [2.45, 2.75) is 0 Å². The number of methoxy groups -OCH3 is 2. The van der Waals surface area contributed by atoms with Crippen molar-refractivity contribution in [2.75, 3.05) is 24.9 Å². The SMILES string of the molecule is COC(=O)c1cc2c(cc1OC)Nc1cc(Cl)ccc1C(=O)N2. The zero-order chi connectivity index (χ0) is 16.6. The Balaban J connectivity index is 2.15. The fraction of sp³-hybridized carbons (Fsp3) is 0.125. The molecule has 2 aromatic carbocycles. The van der Waals surface area contributed by atoms with Crippen LogP contribution in [0.15, 0.2) is 30.3 Å². The number of carbonyl (C=O) groups excluding carboxylic acids is 2. The van der Waals surface area contributed by atoms with Gasteiger partial charge in [0.05, 0.1) is 36.8 Å². The quantitative estimate of drug-likeness (QED) is 0.824. The summed E-state index contributed by atoms with van der Waals surface area (Å²) in [5.74, 6) is -0.518. The Kier molecular flexibility index (Phi) is 3.83. The number of halogens is 1. The van der Waals surface area contributed by atoms with E-state index in [0.717, 1.165) is 0 Å². The van der Waals surface area contributed by atoms with Crippen LogP contribution in [0.5, 0.6) is 5.75 Å². The number of amides is 1. The summed E-state index contributed by atoms with van der Waals surface area (Å²) in [4.78, 5) is 24.2. The summed E-state index contributed by atoms with van der Waals surface area (Å²) < 4.78 is 9.97. The van der Waals surface area contributed by atoms with Crippen LogP contribution in [-0.4, -0.2) is 26.1 Å². The zero-order valence-corrected chi connectivity index (χ0v) is 13.2. The molecular weight excluding hydrogens is 320 g/mol. The number of anilines is 3. The van der Waals surface area contributed by atoms with Crippen molar-refractivity contribution < 1.29 is 19.1 Å². The predicted octanol–water partition coefficient (Wildman–Crippen LogP) is 3.44. The first-order valence-corrected chi connectivity index (χ1v) is 7.09. The van der Waals surface area contributed by atoms with Gasteiger partial charge in [0.1, 0.15) is 11.3 Å². The first-order valence-electron chi connectivity index (χ1n) is 6.71. The molecule has 0 radical (unpaired) electrons. The number of benzene rings is 2. The lowest BCUT2D eigenvalue weighted by Gasteiger charge is -2.13. The van der Waals surface area contributed by atoms with Crippen LogP contribution in [0.1, 0.15) is 20.7 Å². The van der Waals surface area contributed by atoms with Gasteiger partial charge in [-0.1, -0.05) is 11.6 Å². The molecule has 0 saturated heterocycles. The van der Waals surface area contributed by atoms with Crippen molar-refractivity contribution in [2.24, 2.45) is 0 Å². The van der Waals surface area contributed by atoms with E-state index in [2.05, 4.69) is 10.6 Å². The molecule has 1 amide bonds. The normalized spacial score (nSPS) is 12.2. The van der Waals surface area contributed by atoms with Crippen molar-refractivity contribution >= 4 is 40.5 Å². The molecule has 0 bridgehead atoms. The molecular formula is C16H13ClN2O4. The maximum Gasteiger partial charge on any atom is 0.341 e. The molecule has 7 heteroatoms. The van der Waals surface area contributed by atoms with Gasteiger partial charge in [-0.15, -0.1) is 0 Å². The van der Waals surface area contributed by atoms with Gasteiger partial charge in [-0.2, -0.15) is 0 Å². The lowest BCUT2D eigenvalue weighted by Crippen LogP contribution is -2.12. The van der Waals surface area contributed by atoms with Gasteiger partial charge >= 0.3 is 5.97 Å². The fourth-order valence-corrected chi connectivity index (χ4v) is 2.55. The zero-order valence-electron chi connectivity index (χ0n) is 12.4. The highest BCUT2D eigenvalue weighted by atomic mass is 35.5. The maximum absolute atomic E-state index is 12.3. The van der Waals surface area contributed by atoms with Crippen molar-refractivity contribution in [1.29, 1.82) is 0 Å². The highest BCUT2D eigenvalue weighted by Crippen LogP contribution is 2.37. The third-order valence-corrected chi connectivity index (χ3v) is 3.72. The Bertz CT molecular complexity index is 820. The van der Waals surface area contributed by atoms with Gasteiger partial charge in [0.15, 0.2) is 0 Å². The topological polar surface area (TPSA) is 76.7 Å². The number of hydrogen-bond acceptors (Lipinski definition) is 5.